The molecule has 0 radical (unpaired) electrons. The number of hydrogen-bond acceptors (Lipinski definition) is 13. The molecular formula is C38H43N5O12S. The van der Waals surface area contributed by atoms with E-state index in [1.807, 2.05) is 6.07 Å². The fourth-order valence-corrected chi connectivity index (χ4v) is 6.90. The van der Waals surface area contributed by atoms with Gasteiger partial charge in [0.2, 0.25) is 11.7 Å². The highest BCUT2D eigenvalue weighted by Crippen LogP contribution is 2.57. The Hall–Kier alpha value is -6.05. The summed E-state index contributed by atoms with van der Waals surface area (Å²) in [5, 5.41) is 63.4. The van der Waals surface area contributed by atoms with Gasteiger partial charge in [0.1, 0.15) is 22.8 Å². The van der Waals surface area contributed by atoms with Gasteiger partial charge >= 0.3 is 0 Å². The maximum atomic E-state index is 13.7. The topological polar surface area (TPSA) is 331 Å². The summed E-state index contributed by atoms with van der Waals surface area (Å²) in [7, 11) is 3.01. The number of phenols is 1. The molecule has 0 aromatic heterocycles. The van der Waals surface area contributed by atoms with Crippen LogP contribution < -0.4 is 22.9 Å². The predicted molar refractivity (Wildman–Crippen MR) is 204 cm³/mol. The molecule has 4 amide bonds. The normalized spacial score (nSPS) is 24.0. The van der Waals surface area contributed by atoms with Crippen LogP contribution in [0.15, 0.2) is 95.8 Å². The van der Waals surface area contributed by atoms with Crippen LogP contribution in [0.3, 0.4) is 0 Å². The molecule has 0 heterocycles. The molecule has 3 aromatic carbocycles. The summed E-state index contributed by atoms with van der Waals surface area (Å²) in [6, 6.07) is 20.4. The lowest BCUT2D eigenvalue weighted by Crippen LogP contribution is -2.67. The molecule has 298 valence electrons. The van der Waals surface area contributed by atoms with Gasteiger partial charge in [-0.05, 0) is 56.8 Å². The molecular weight excluding hydrogens is 751 g/mol. The highest BCUT2D eigenvalue weighted by molar-refractivity contribution is 7.96. The zero-order valence-corrected chi connectivity index (χ0v) is 31.3. The van der Waals surface area contributed by atoms with Gasteiger partial charge in [-0.3, -0.25) is 33.7 Å². The Balaban J connectivity index is 0.000000283. The van der Waals surface area contributed by atoms with Gasteiger partial charge in [-0.1, -0.05) is 73.3 Å². The molecule has 6 atom stereocenters. The van der Waals surface area contributed by atoms with E-state index in [-0.39, 0.29) is 23.5 Å². The molecule has 6 rings (SSSR count). The van der Waals surface area contributed by atoms with Crippen molar-refractivity contribution in [2.45, 2.75) is 36.7 Å². The number of carbonyl (C=O) groups is 6. The number of phenolic OH excluding ortho intramolecular Hbond substituents is 1. The maximum absolute atomic E-state index is 13.7. The Bertz CT molecular complexity index is 2080. The molecule has 14 N–H and O–H groups in total. The number of benzene rings is 3. The van der Waals surface area contributed by atoms with Crippen LogP contribution in [0.25, 0.3) is 5.76 Å². The van der Waals surface area contributed by atoms with E-state index in [2.05, 4.69) is 18.4 Å². The molecule has 0 aliphatic heterocycles. The molecule has 3 aromatic rings. The summed E-state index contributed by atoms with van der Waals surface area (Å²) >= 11 is 3.10. The SMILES string of the molecule is CN(C)[C@@H]1C(=O)C(C(N)=O)=C(O)[C@@]2(O)C(=O)C3=C(O)c4c(O)cccc4[C@@](C)(O)[C@H]3C[C@@H]12.NC(=O)S.NC(=O)[C@H](O)c1ccccc1.NC(=O)c1ccccc1. The van der Waals surface area contributed by atoms with Gasteiger partial charge in [-0.25, -0.2) is 0 Å². The number of amides is 4. The Labute approximate surface area is 325 Å². The van der Waals surface area contributed by atoms with Gasteiger partial charge in [0.25, 0.3) is 17.1 Å². The first-order valence-corrected chi connectivity index (χ1v) is 17.0. The van der Waals surface area contributed by atoms with Crippen molar-refractivity contribution >= 4 is 52.9 Å². The van der Waals surface area contributed by atoms with Crippen molar-refractivity contribution in [2.24, 2.45) is 34.8 Å². The number of likely N-dealkylation sites (N-methyl/N-ethyl adjacent to an activating group) is 1. The number of aliphatic hydroxyl groups is 5. The zero-order chi connectivity index (χ0) is 42.4. The quantitative estimate of drug-likeness (QED) is 0.125. The van der Waals surface area contributed by atoms with Gasteiger partial charge in [0.05, 0.1) is 17.2 Å². The lowest BCUT2D eigenvalue weighted by Gasteiger charge is -2.53. The van der Waals surface area contributed by atoms with Gasteiger partial charge in [-0.15, -0.1) is 0 Å². The molecule has 1 fully saturated rings. The molecule has 1 saturated carbocycles. The van der Waals surface area contributed by atoms with Crippen LogP contribution >= 0.6 is 12.6 Å². The summed E-state index contributed by atoms with van der Waals surface area (Å²) in [5.74, 6) is -9.00. The van der Waals surface area contributed by atoms with E-state index in [1.165, 1.54) is 44.1 Å². The largest absolute Gasteiger partial charge is 0.508 e. The summed E-state index contributed by atoms with van der Waals surface area (Å²) in [6.45, 7) is 1.40. The first-order chi connectivity index (χ1) is 26.0. The molecule has 56 heavy (non-hydrogen) atoms. The fraction of sp³-hybridized carbons (Fsp3) is 0.263. The number of thiol groups is 1. The van der Waals surface area contributed by atoms with Gasteiger partial charge in [0, 0.05) is 23.0 Å². The molecule has 3 aliphatic rings. The van der Waals surface area contributed by atoms with Crippen molar-refractivity contribution in [3.63, 3.8) is 0 Å². The number of Topliss-reactive ketones (excluding diaryl/α,β-unsaturated/α-hetero) is 2. The smallest absolute Gasteiger partial charge is 0.273 e. The minimum absolute atomic E-state index is 0.170. The zero-order valence-electron chi connectivity index (χ0n) is 30.4. The molecule has 0 saturated heterocycles. The van der Waals surface area contributed by atoms with Gasteiger partial charge < -0.3 is 53.6 Å². The Morgan fingerprint density at radius 3 is 1.79 bits per heavy atom. The third kappa shape index (κ3) is 8.74. The van der Waals surface area contributed by atoms with E-state index in [4.69, 9.17) is 27.1 Å². The van der Waals surface area contributed by atoms with E-state index < -0.39 is 92.2 Å². The Kier molecular flexibility index (Phi) is 13.9. The lowest BCUT2D eigenvalue weighted by molar-refractivity contribution is -0.159. The second-order valence-electron chi connectivity index (χ2n) is 13.2. The van der Waals surface area contributed by atoms with Crippen LogP contribution in [0.5, 0.6) is 5.75 Å². The van der Waals surface area contributed by atoms with Crippen molar-refractivity contribution in [3.05, 3.63) is 118 Å². The predicted octanol–water partition coefficient (Wildman–Crippen LogP) is 0.615. The average Bonchev–Trinajstić information content (AvgIpc) is 3.12. The molecule has 3 aliphatic carbocycles. The van der Waals surface area contributed by atoms with E-state index in [0.717, 1.165) is 0 Å². The first kappa shape index (κ1) is 44.3. The number of hydrogen-bond donors (Lipinski definition) is 11. The van der Waals surface area contributed by atoms with Gasteiger partial charge in [-0.2, -0.15) is 0 Å². The van der Waals surface area contributed by atoms with Crippen molar-refractivity contribution in [3.8, 4) is 5.75 Å². The van der Waals surface area contributed by atoms with Crippen LogP contribution in [0.2, 0.25) is 0 Å². The highest BCUT2D eigenvalue weighted by atomic mass is 32.1. The van der Waals surface area contributed by atoms with E-state index >= 15 is 0 Å². The maximum Gasteiger partial charge on any atom is 0.273 e. The van der Waals surface area contributed by atoms with Crippen LogP contribution in [0.4, 0.5) is 4.79 Å². The van der Waals surface area contributed by atoms with Gasteiger partial charge in [0.15, 0.2) is 17.5 Å². The molecule has 0 unspecified atom stereocenters. The molecule has 17 nitrogen and oxygen atoms in total. The number of primary amides is 4. The lowest BCUT2D eigenvalue weighted by atomic mass is 9.54. The number of carbonyl (C=O) groups excluding carboxylic acids is 6. The highest BCUT2D eigenvalue weighted by Gasteiger charge is 2.66. The third-order valence-electron chi connectivity index (χ3n) is 9.46. The van der Waals surface area contributed by atoms with Crippen molar-refractivity contribution in [2.75, 3.05) is 14.1 Å². The minimum Gasteiger partial charge on any atom is -0.508 e. The average molecular weight is 794 g/mol. The van der Waals surface area contributed by atoms with Crippen LogP contribution in [-0.2, 0) is 24.8 Å². The summed E-state index contributed by atoms with van der Waals surface area (Å²) in [6.07, 6.45) is -1.38. The number of fused-ring (bicyclic) bond motifs is 3. The summed E-state index contributed by atoms with van der Waals surface area (Å²) in [5.41, 5.74) is 14.7. The van der Waals surface area contributed by atoms with E-state index in [0.29, 0.717) is 11.1 Å². The van der Waals surface area contributed by atoms with Crippen LogP contribution in [0, 0.1) is 11.8 Å². The van der Waals surface area contributed by atoms with E-state index in [9.17, 15) is 49.5 Å². The second kappa shape index (κ2) is 17.6. The number of aromatic hydroxyl groups is 1. The molecule has 0 bridgehead atoms. The molecule has 18 heteroatoms. The minimum atomic E-state index is -2.75. The number of ketones is 2. The Morgan fingerprint density at radius 2 is 1.34 bits per heavy atom. The molecule has 0 spiro atoms. The van der Waals surface area contributed by atoms with Crippen molar-refractivity contribution in [1.82, 2.24) is 4.90 Å². The number of nitrogens with zero attached hydrogens (tertiary/aromatic N) is 1. The first-order valence-electron chi connectivity index (χ1n) is 16.6. The van der Waals surface area contributed by atoms with Crippen molar-refractivity contribution in [1.29, 1.82) is 0 Å². The van der Waals surface area contributed by atoms with Crippen molar-refractivity contribution < 1.29 is 59.4 Å². The van der Waals surface area contributed by atoms with Crippen LogP contribution in [-0.4, -0.2) is 95.8 Å². The summed E-state index contributed by atoms with van der Waals surface area (Å²) in [4.78, 5) is 70.0. The summed E-state index contributed by atoms with van der Waals surface area (Å²) < 4.78 is 0. The fourth-order valence-electron chi connectivity index (χ4n) is 6.90. The standard InChI is InChI=1S/C22H24N2O8.C8H9NO2.C7H7NO.CH3NOS/c1-21(31)8-5-4-6-11(25)12(8)16(26)13-9(21)7-10-15(24(2)3)17(27)14(20(23)30)19(29)22(10,32)18(13)28;9-8(11)7(10)6-4-2-1-3-5-6;8-7(9)6-4-2-1-3-5-6;2-1(3)4/h4-6,9-10,15,25-26,29,31-32H,7H2,1-3H3,(H2,23,30);1-5,7,10H,(H2,9,11);1-5H,(H2,8,9);(H3,2,3,4)/t9-,10-,15-,21+,22-;7-;;/m01../s1. The number of aliphatic hydroxyl groups excluding tert-OH is 3. The third-order valence-corrected chi connectivity index (χ3v) is 9.46. The second-order valence-corrected chi connectivity index (χ2v) is 13.7. The Morgan fingerprint density at radius 1 is 0.821 bits per heavy atom. The number of nitrogens with two attached hydrogens (primary N) is 4. The monoisotopic (exact) mass is 793 g/mol. The van der Waals surface area contributed by atoms with E-state index in [1.54, 1.807) is 54.6 Å². The van der Waals surface area contributed by atoms with Crippen LogP contribution in [0.1, 0.15) is 46.5 Å². The number of rotatable bonds is 5.